The second-order valence-electron chi connectivity index (χ2n) is 6.93. The van der Waals surface area contributed by atoms with Gasteiger partial charge in [0.25, 0.3) is 5.91 Å². The van der Waals surface area contributed by atoms with Crippen molar-refractivity contribution in [2.75, 3.05) is 18.1 Å². The van der Waals surface area contributed by atoms with Crippen molar-refractivity contribution in [1.82, 2.24) is 4.98 Å². The first kappa shape index (κ1) is 18.2. The van der Waals surface area contributed by atoms with Crippen molar-refractivity contribution in [1.29, 1.82) is 0 Å². The van der Waals surface area contributed by atoms with Crippen LogP contribution in [0.2, 0.25) is 0 Å². The fourth-order valence-electron chi connectivity index (χ4n) is 3.52. The summed E-state index contributed by atoms with van der Waals surface area (Å²) in [6.45, 7) is 0.900. The SMILES string of the molecule is O=C(c1cc2ccccc2o1)N(C[C@H]1CCCO1)c1nc2c(F)cc(F)cc2s1. The van der Waals surface area contributed by atoms with Crippen LogP contribution >= 0.6 is 11.3 Å². The molecule has 0 aliphatic carbocycles. The van der Waals surface area contributed by atoms with Crippen LogP contribution in [0.3, 0.4) is 0 Å². The van der Waals surface area contributed by atoms with E-state index in [-0.39, 0.29) is 29.1 Å². The molecule has 4 aromatic rings. The zero-order valence-corrected chi connectivity index (χ0v) is 16.0. The van der Waals surface area contributed by atoms with Crippen LogP contribution in [0.5, 0.6) is 0 Å². The molecule has 0 bridgehead atoms. The van der Waals surface area contributed by atoms with E-state index in [9.17, 15) is 13.6 Å². The summed E-state index contributed by atoms with van der Waals surface area (Å²) in [5.74, 6) is -1.66. The van der Waals surface area contributed by atoms with Crippen LogP contribution in [0.15, 0.2) is 46.9 Å². The van der Waals surface area contributed by atoms with Crippen molar-refractivity contribution in [2.45, 2.75) is 18.9 Å². The number of carbonyl (C=O) groups excluding carboxylic acids is 1. The van der Waals surface area contributed by atoms with E-state index in [1.54, 1.807) is 12.1 Å². The molecule has 0 spiro atoms. The number of para-hydroxylation sites is 1. The van der Waals surface area contributed by atoms with Gasteiger partial charge >= 0.3 is 0 Å². The van der Waals surface area contributed by atoms with Crippen LogP contribution in [-0.4, -0.2) is 30.1 Å². The lowest BCUT2D eigenvalue weighted by Crippen LogP contribution is -2.37. The Morgan fingerprint density at radius 1 is 1.24 bits per heavy atom. The molecule has 1 amide bonds. The molecule has 1 atom stereocenters. The highest BCUT2D eigenvalue weighted by atomic mass is 32.1. The number of nitrogens with zero attached hydrogens (tertiary/aromatic N) is 2. The molecule has 3 heterocycles. The number of furan rings is 1. The Labute approximate surface area is 168 Å². The van der Waals surface area contributed by atoms with E-state index < -0.39 is 17.5 Å². The summed E-state index contributed by atoms with van der Waals surface area (Å²) in [7, 11) is 0. The number of carbonyl (C=O) groups is 1. The second-order valence-corrected chi connectivity index (χ2v) is 7.94. The smallest absolute Gasteiger partial charge is 0.295 e. The summed E-state index contributed by atoms with van der Waals surface area (Å²) in [6.07, 6.45) is 1.59. The van der Waals surface area contributed by atoms with Crippen LogP contribution in [0, 0.1) is 11.6 Å². The minimum absolute atomic E-state index is 0.0427. The first-order valence-electron chi connectivity index (χ1n) is 9.26. The molecule has 2 aromatic heterocycles. The fraction of sp³-hybridized carbons (Fsp3) is 0.238. The number of fused-ring (bicyclic) bond motifs is 2. The Hall–Kier alpha value is -2.84. The summed E-state index contributed by atoms with van der Waals surface area (Å²) in [5.41, 5.74) is 0.645. The lowest BCUT2D eigenvalue weighted by Gasteiger charge is -2.22. The number of halogens is 2. The van der Waals surface area contributed by atoms with Crippen LogP contribution in [0.4, 0.5) is 13.9 Å². The molecule has 0 unspecified atom stereocenters. The number of hydrogen-bond donors (Lipinski definition) is 0. The maximum absolute atomic E-state index is 14.1. The minimum atomic E-state index is -0.754. The normalized spacial score (nSPS) is 16.7. The number of thiazole rings is 1. The van der Waals surface area contributed by atoms with Gasteiger partial charge in [0.05, 0.1) is 17.3 Å². The van der Waals surface area contributed by atoms with Gasteiger partial charge in [-0.25, -0.2) is 13.8 Å². The van der Waals surface area contributed by atoms with Gasteiger partial charge in [-0.2, -0.15) is 0 Å². The standard InChI is InChI=1S/C21H16F2N2O3S/c22-13-9-15(23)19-18(10-13)29-21(24-19)25(11-14-5-3-7-27-14)20(26)17-8-12-4-1-2-6-16(12)28-17/h1-2,4,6,8-10,14H,3,5,7,11H2/t14-/m1/s1. The molecule has 1 aliphatic heterocycles. The first-order valence-corrected chi connectivity index (χ1v) is 10.1. The maximum Gasteiger partial charge on any atom is 0.295 e. The molecule has 0 N–H and O–H groups in total. The summed E-state index contributed by atoms with van der Waals surface area (Å²) < 4.78 is 39.5. The van der Waals surface area contributed by atoms with Gasteiger partial charge < -0.3 is 9.15 Å². The second kappa shape index (κ2) is 7.20. The van der Waals surface area contributed by atoms with Crippen LogP contribution < -0.4 is 4.90 Å². The predicted molar refractivity (Wildman–Crippen MR) is 106 cm³/mol. The highest BCUT2D eigenvalue weighted by Crippen LogP contribution is 2.33. The lowest BCUT2D eigenvalue weighted by molar-refractivity contribution is 0.0896. The summed E-state index contributed by atoms with van der Waals surface area (Å²) in [5, 5.41) is 1.09. The Bertz CT molecular complexity index is 1180. The van der Waals surface area contributed by atoms with Gasteiger partial charge in [0.1, 0.15) is 16.9 Å². The van der Waals surface area contributed by atoms with E-state index in [1.165, 1.54) is 11.0 Å². The van der Waals surface area contributed by atoms with Crippen molar-refractivity contribution in [3.63, 3.8) is 0 Å². The van der Waals surface area contributed by atoms with Crippen LogP contribution in [0.25, 0.3) is 21.2 Å². The van der Waals surface area contributed by atoms with Gasteiger partial charge in [-0.1, -0.05) is 29.5 Å². The number of benzene rings is 2. The molecule has 5 nitrogen and oxygen atoms in total. The molecule has 1 fully saturated rings. The summed E-state index contributed by atoms with van der Waals surface area (Å²) in [6, 6.07) is 11.0. The van der Waals surface area contributed by atoms with Crippen molar-refractivity contribution in [3.05, 3.63) is 59.9 Å². The van der Waals surface area contributed by atoms with Crippen LogP contribution in [-0.2, 0) is 4.74 Å². The Morgan fingerprint density at radius 3 is 2.90 bits per heavy atom. The first-order chi connectivity index (χ1) is 14.1. The number of aromatic nitrogens is 1. The van der Waals surface area contributed by atoms with E-state index in [4.69, 9.17) is 9.15 Å². The maximum atomic E-state index is 14.1. The molecule has 29 heavy (non-hydrogen) atoms. The minimum Gasteiger partial charge on any atom is -0.451 e. The number of anilines is 1. The van der Waals surface area contributed by atoms with E-state index in [1.807, 2.05) is 18.2 Å². The third-order valence-electron chi connectivity index (χ3n) is 4.92. The highest BCUT2D eigenvalue weighted by molar-refractivity contribution is 7.22. The van der Waals surface area contributed by atoms with Gasteiger partial charge in [-0.3, -0.25) is 9.69 Å². The molecular formula is C21H16F2N2O3S. The molecule has 2 aromatic carbocycles. The van der Waals surface area contributed by atoms with Crippen LogP contribution in [0.1, 0.15) is 23.4 Å². The van der Waals surface area contributed by atoms with Crippen molar-refractivity contribution in [2.24, 2.45) is 0 Å². The lowest BCUT2D eigenvalue weighted by atomic mass is 10.2. The molecule has 0 radical (unpaired) electrons. The molecule has 1 saturated heterocycles. The molecule has 1 aliphatic rings. The monoisotopic (exact) mass is 414 g/mol. The zero-order valence-electron chi connectivity index (χ0n) is 15.2. The summed E-state index contributed by atoms with van der Waals surface area (Å²) in [4.78, 5) is 19.0. The molecular weight excluding hydrogens is 398 g/mol. The van der Waals surface area contributed by atoms with Gasteiger partial charge in [-0.05, 0) is 31.0 Å². The predicted octanol–water partition coefficient (Wildman–Crippen LogP) is 5.15. The number of rotatable bonds is 4. The van der Waals surface area contributed by atoms with E-state index in [2.05, 4.69) is 4.98 Å². The summed E-state index contributed by atoms with van der Waals surface area (Å²) >= 11 is 1.06. The van der Waals surface area contributed by atoms with E-state index >= 15 is 0 Å². The largest absolute Gasteiger partial charge is 0.451 e. The zero-order chi connectivity index (χ0) is 20.0. The van der Waals surface area contributed by atoms with Crippen molar-refractivity contribution in [3.8, 4) is 0 Å². The Kier molecular flexibility index (Phi) is 4.52. The average molecular weight is 414 g/mol. The average Bonchev–Trinajstić information content (AvgIpc) is 3.44. The van der Waals surface area contributed by atoms with Gasteiger partial charge in [-0.15, -0.1) is 0 Å². The van der Waals surface area contributed by atoms with Gasteiger partial charge in [0.2, 0.25) is 0 Å². The van der Waals surface area contributed by atoms with E-state index in [0.29, 0.717) is 16.9 Å². The molecule has 8 heteroatoms. The molecule has 148 valence electrons. The van der Waals surface area contributed by atoms with Crippen molar-refractivity contribution < 1.29 is 22.7 Å². The number of ether oxygens (including phenoxy) is 1. The highest BCUT2D eigenvalue weighted by Gasteiger charge is 2.29. The number of hydrogen-bond acceptors (Lipinski definition) is 5. The van der Waals surface area contributed by atoms with Gasteiger partial charge in [0.15, 0.2) is 16.7 Å². The third-order valence-corrected chi connectivity index (χ3v) is 5.95. The number of amides is 1. The Morgan fingerprint density at radius 2 is 2.10 bits per heavy atom. The molecule has 0 saturated carbocycles. The topological polar surface area (TPSA) is 55.6 Å². The van der Waals surface area contributed by atoms with Gasteiger partial charge in [0, 0.05) is 18.1 Å². The molecule has 5 rings (SSSR count). The van der Waals surface area contributed by atoms with E-state index in [0.717, 1.165) is 35.6 Å². The quantitative estimate of drug-likeness (QED) is 0.464. The third kappa shape index (κ3) is 3.38. The fourth-order valence-corrected chi connectivity index (χ4v) is 4.53. The Balaban J connectivity index is 1.57. The van der Waals surface area contributed by atoms with Crippen molar-refractivity contribution >= 4 is 43.6 Å².